The third kappa shape index (κ3) is 2.23. The van der Waals surface area contributed by atoms with Crippen LogP contribution in [-0.2, 0) is 0 Å². The number of nitrogens with zero attached hydrogens (tertiary/aromatic N) is 1. The van der Waals surface area contributed by atoms with E-state index in [-0.39, 0.29) is 11.4 Å². The maximum atomic E-state index is 11.1. The van der Waals surface area contributed by atoms with Gasteiger partial charge in [0.15, 0.2) is 0 Å². The lowest BCUT2D eigenvalue weighted by molar-refractivity contribution is 1.30. The molecular weight excluding hydrogens is 226 g/mol. The highest BCUT2D eigenvalue weighted by Gasteiger charge is 1.97. The minimum absolute atomic E-state index is 0.140. The zero-order valence-corrected chi connectivity index (χ0v) is 9.16. The predicted molar refractivity (Wildman–Crippen MR) is 66.6 cm³/mol. The fourth-order valence-electron chi connectivity index (χ4n) is 1.40. The molecule has 2 aromatic rings. The Hall–Kier alpha value is -1.81. The zero-order valence-electron chi connectivity index (χ0n) is 8.40. The number of aromatic nitrogens is 1. The van der Waals surface area contributed by atoms with Crippen molar-refractivity contribution in [2.45, 2.75) is 0 Å². The van der Waals surface area contributed by atoms with Crippen LogP contribution < -0.4 is 11.3 Å². The van der Waals surface area contributed by atoms with Crippen LogP contribution in [0, 0.1) is 0 Å². The smallest absolute Gasteiger partial charge is 0.248 e. The molecule has 2 rings (SSSR count). The van der Waals surface area contributed by atoms with E-state index in [4.69, 9.17) is 17.3 Å². The number of hydrogen-bond donors (Lipinski definition) is 2. The molecule has 0 bridgehead atoms. The molecule has 5 heteroatoms. The number of nitrogens with two attached hydrogens (primary N) is 1. The van der Waals surface area contributed by atoms with Crippen LogP contribution in [0.5, 0.6) is 0 Å². The molecule has 0 atom stereocenters. The van der Waals surface area contributed by atoms with Crippen molar-refractivity contribution in [3.63, 3.8) is 0 Å². The van der Waals surface area contributed by atoms with Crippen molar-refractivity contribution in [2.75, 3.05) is 5.88 Å². The quantitative estimate of drug-likeness (QED) is 0.473. The van der Waals surface area contributed by atoms with Crippen molar-refractivity contribution >= 4 is 34.0 Å². The summed E-state index contributed by atoms with van der Waals surface area (Å²) in [5, 5.41) is 0.947. The summed E-state index contributed by atoms with van der Waals surface area (Å²) >= 11 is 5.53. The molecule has 4 nitrogen and oxygen atoms in total. The lowest BCUT2D eigenvalue weighted by Gasteiger charge is -2.00. The molecule has 1 aromatic carbocycles. The fraction of sp³-hybridized carbons (Fsp3) is 0.0909. The Morgan fingerprint density at radius 1 is 1.38 bits per heavy atom. The van der Waals surface area contributed by atoms with E-state index in [1.807, 2.05) is 12.1 Å². The minimum Gasteiger partial charge on any atom is -0.386 e. The van der Waals surface area contributed by atoms with Crippen molar-refractivity contribution < 1.29 is 0 Å². The van der Waals surface area contributed by atoms with E-state index in [9.17, 15) is 4.79 Å². The van der Waals surface area contributed by atoms with E-state index in [0.29, 0.717) is 11.5 Å². The number of fused-ring (bicyclic) bond motifs is 1. The second-order valence-corrected chi connectivity index (χ2v) is 3.60. The number of pyridine rings is 1. The summed E-state index contributed by atoms with van der Waals surface area (Å²) in [6.07, 6.45) is 0. The first-order chi connectivity index (χ1) is 7.69. The van der Waals surface area contributed by atoms with E-state index in [2.05, 4.69) is 9.98 Å². The third-order valence-corrected chi connectivity index (χ3v) is 2.39. The SMILES string of the molecule is NC(CCl)=Nc1ccc2ccc(=O)[nH]c2c1. The van der Waals surface area contributed by atoms with Gasteiger partial charge in [-0.15, -0.1) is 11.6 Å². The normalized spacial score (nSPS) is 11.9. The largest absolute Gasteiger partial charge is 0.386 e. The molecule has 0 aliphatic heterocycles. The number of aliphatic imine (C=N–C) groups is 1. The predicted octanol–water partition coefficient (Wildman–Crippen LogP) is 1.76. The molecule has 0 saturated heterocycles. The number of nitrogens with one attached hydrogen (secondary N) is 1. The number of amidine groups is 1. The highest BCUT2D eigenvalue weighted by Crippen LogP contribution is 2.18. The average Bonchev–Trinajstić information content (AvgIpc) is 2.28. The molecular formula is C11H10ClN3O. The van der Waals surface area contributed by atoms with Gasteiger partial charge in [-0.2, -0.15) is 0 Å². The molecule has 0 saturated carbocycles. The monoisotopic (exact) mass is 235 g/mol. The second kappa shape index (κ2) is 4.37. The van der Waals surface area contributed by atoms with Gasteiger partial charge in [0.2, 0.25) is 5.56 Å². The Morgan fingerprint density at radius 3 is 2.88 bits per heavy atom. The third-order valence-electron chi connectivity index (χ3n) is 2.12. The van der Waals surface area contributed by atoms with Crippen LogP contribution in [-0.4, -0.2) is 16.7 Å². The average molecular weight is 236 g/mol. The van der Waals surface area contributed by atoms with Gasteiger partial charge in [0.05, 0.1) is 17.1 Å². The minimum atomic E-state index is -0.140. The van der Waals surface area contributed by atoms with Gasteiger partial charge in [-0.3, -0.25) is 4.79 Å². The summed E-state index contributed by atoms with van der Waals surface area (Å²) in [4.78, 5) is 18.0. The summed E-state index contributed by atoms with van der Waals surface area (Å²) in [7, 11) is 0. The van der Waals surface area contributed by atoms with Gasteiger partial charge in [0, 0.05) is 6.07 Å². The molecule has 3 N–H and O–H groups in total. The van der Waals surface area contributed by atoms with E-state index < -0.39 is 0 Å². The van der Waals surface area contributed by atoms with Crippen LogP contribution in [0.2, 0.25) is 0 Å². The topological polar surface area (TPSA) is 71.2 Å². The van der Waals surface area contributed by atoms with Gasteiger partial charge < -0.3 is 10.7 Å². The van der Waals surface area contributed by atoms with Crippen LogP contribution in [0.15, 0.2) is 40.1 Å². The van der Waals surface area contributed by atoms with Gasteiger partial charge in [-0.25, -0.2) is 4.99 Å². The van der Waals surface area contributed by atoms with E-state index in [1.165, 1.54) is 6.07 Å². The molecule has 0 spiro atoms. The van der Waals surface area contributed by atoms with Crippen LogP contribution in [0.1, 0.15) is 0 Å². The summed E-state index contributed by atoms with van der Waals surface area (Å²) < 4.78 is 0. The van der Waals surface area contributed by atoms with Crippen LogP contribution in [0.3, 0.4) is 0 Å². The highest BCUT2D eigenvalue weighted by molar-refractivity contribution is 6.28. The number of rotatable bonds is 2. The van der Waals surface area contributed by atoms with E-state index >= 15 is 0 Å². The number of aromatic amines is 1. The summed E-state index contributed by atoms with van der Waals surface area (Å²) in [6, 6.07) is 8.69. The summed E-state index contributed by atoms with van der Waals surface area (Å²) in [6.45, 7) is 0. The molecule has 0 unspecified atom stereocenters. The lowest BCUT2D eigenvalue weighted by Crippen LogP contribution is -2.12. The number of hydrogen-bond acceptors (Lipinski definition) is 2. The molecule has 0 amide bonds. The van der Waals surface area contributed by atoms with Crippen LogP contribution in [0.25, 0.3) is 10.9 Å². The first-order valence-electron chi connectivity index (χ1n) is 4.71. The van der Waals surface area contributed by atoms with E-state index in [0.717, 1.165) is 10.9 Å². The van der Waals surface area contributed by atoms with E-state index in [1.54, 1.807) is 12.1 Å². The number of H-pyrrole nitrogens is 1. The molecule has 1 aromatic heterocycles. The standard InChI is InChI=1S/C11H10ClN3O/c12-6-10(13)14-8-3-1-7-2-4-11(16)15-9(7)5-8/h1-5H,6H2,(H2,13,14)(H,15,16). The Bertz CT molecular complexity index is 603. The van der Waals surface area contributed by atoms with Gasteiger partial charge in [-0.05, 0) is 23.6 Å². The van der Waals surface area contributed by atoms with Crippen LogP contribution in [0.4, 0.5) is 5.69 Å². The van der Waals surface area contributed by atoms with Crippen molar-refractivity contribution in [1.29, 1.82) is 0 Å². The first kappa shape index (κ1) is 10.7. The first-order valence-corrected chi connectivity index (χ1v) is 5.24. The Labute approximate surface area is 96.8 Å². The van der Waals surface area contributed by atoms with Gasteiger partial charge in [-0.1, -0.05) is 6.07 Å². The van der Waals surface area contributed by atoms with Crippen molar-refractivity contribution in [1.82, 2.24) is 4.98 Å². The highest BCUT2D eigenvalue weighted by atomic mass is 35.5. The molecule has 0 fully saturated rings. The molecule has 0 aliphatic carbocycles. The Balaban J connectivity index is 2.55. The number of alkyl halides is 1. The number of halogens is 1. The molecule has 1 heterocycles. The maximum Gasteiger partial charge on any atom is 0.248 e. The van der Waals surface area contributed by atoms with Gasteiger partial charge in [0.1, 0.15) is 5.84 Å². The Kier molecular flexibility index (Phi) is 2.92. The number of benzene rings is 1. The lowest BCUT2D eigenvalue weighted by atomic mass is 10.2. The van der Waals surface area contributed by atoms with Gasteiger partial charge in [0.25, 0.3) is 0 Å². The summed E-state index contributed by atoms with van der Waals surface area (Å²) in [5.74, 6) is 0.530. The van der Waals surface area contributed by atoms with Crippen molar-refractivity contribution in [2.24, 2.45) is 10.7 Å². The molecule has 0 radical (unpaired) electrons. The molecule has 16 heavy (non-hydrogen) atoms. The molecule has 82 valence electrons. The fourth-order valence-corrected chi connectivity index (χ4v) is 1.46. The summed E-state index contributed by atoms with van der Waals surface area (Å²) in [5.41, 5.74) is 6.79. The maximum absolute atomic E-state index is 11.1. The Morgan fingerprint density at radius 2 is 2.12 bits per heavy atom. The second-order valence-electron chi connectivity index (χ2n) is 3.33. The zero-order chi connectivity index (χ0) is 11.5. The van der Waals surface area contributed by atoms with Crippen LogP contribution >= 0.6 is 11.6 Å². The molecule has 0 aliphatic rings. The van der Waals surface area contributed by atoms with Gasteiger partial charge >= 0.3 is 0 Å². The van der Waals surface area contributed by atoms with Crippen molar-refractivity contribution in [3.8, 4) is 0 Å². The van der Waals surface area contributed by atoms with Crippen molar-refractivity contribution in [3.05, 3.63) is 40.7 Å².